The van der Waals surface area contributed by atoms with Gasteiger partial charge in [-0.25, -0.2) is 31.2 Å². The number of benzene rings is 4. The fraction of sp³-hybridized carbons (Fsp3) is 0.559. The molecule has 94 heavy (non-hydrogen) atoms. The Labute approximate surface area is 562 Å². The molecule has 10 rings (SSSR count). The average Bonchev–Trinajstić information content (AvgIpc) is 1.62. The van der Waals surface area contributed by atoms with E-state index in [1.54, 1.807) is 36.4 Å². The van der Waals surface area contributed by atoms with Crippen molar-refractivity contribution in [3.63, 3.8) is 0 Å². The van der Waals surface area contributed by atoms with E-state index in [9.17, 15) is 41.3 Å². The quantitative estimate of drug-likeness (QED) is 0.0270. The molecule has 22 nitrogen and oxygen atoms in total. The van der Waals surface area contributed by atoms with Crippen LogP contribution in [-0.4, -0.2) is 196 Å². The summed E-state index contributed by atoms with van der Waals surface area (Å²) in [6.07, 6.45) is 8.63. The smallest absolute Gasteiger partial charge is 0.314 e. The van der Waals surface area contributed by atoms with Crippen molar-refractivity contribution >= 4 is 72.3 Å². The second-order valence-electron chi connectivity index (χ2n) is 25.3. The van der Waals surface area contributed by atoms with Crippen LogP contribution in [0.2, 0.25) is 10.0 Å². The Bertz CT molecular complexity index is 3380. The number of fused-ring (bicyclic) bond motifs is 2. The first-order valence-electron chi connectivity index (χ1n) is 33.1. The fourth-order valence-electron chi connectivity index (χ4n) is 13.8. The lowest BCUT2D eigenvalue weighted by molar-refractivity contribution is -0.123. The highest BCUT2D eigenvalue weighted by Crippen LogP contribution is 2.45. The summed E-state index contributed by atoms with van der Waals surface area (Å²) in [6, 6.07) is 21.3. The highest BCUT2D eigenvalue weighted by molar-refractivity contribution is 7.92. The largest absolute Gasteiger partial charge is 0.484 e. The van der Waals surface area contributed by atoms with E-state index >= 15 is 0 Å². The molecule has 26 heteroatoms. The summed E-state index contributed by atoms with van der Waals surface area (Å²) < 4.78 is 80.7. The number of halogens is 2. The second kappa shape index (κ2) is 33.6. The number of unbranched alkanes of at least 4 members (excludes halogenated alkanes) is 2. The Morgan fingerprint density at radius 3 is 1.88 bits per heavy atom. The predicted molar refractivity (Wildman–Crippen MR) is 356 cm³/mol. The molecular formula is C68H86Cl2N10O12S2. The molecule has 6 atom stereocenters. The number of ketones is 2. The standard InChI is InChI=1S/C68H86Cl2N10O12S2/c1-72-61-40-51(70)39-60-58(61)42-63(79-25-6-3-7-26-79)66(60)92-54-13-17-56(18-14-54)94(87,88)76-67(83)48-20-28-78(45-48)31-35-89-33-8-10-52(81)9-4-2-5-21-74-68(84)75-24-34-90-36-32-77-27-19-47(44-77)64(82)46-93(85,86)55-15-11-53(12-16-55)91-65-59-38-50(69)37-49(43-71)57(59)41-62(65)80-29-22-73-23-30-80/h11-18,37-40,47-48,62-63,65-66,73H,2-10,19-36,41-42,44-46H2,(H,76,83)(H2,74,75,84)/t47-,48-,62+,63+,65+,66?/m1/s1. The number of ether oxygens (including phenoxy) is 4. The molecule has 4 aromatic rings. The fourth-order valence-corrected chi connectivity index (χ4v) is 16.7. The number of Topliss-reactive ketones (excluding diaryl/α,β-unsaturated/α-hetero) is 2. The minimum Gasteiger partial charge on any atom is -0.484 e. The van der Waals surface area contributed by atoms with Gasteiger partial charge in [0.1, 0.15) is 35.2 Å². The number of rotatable bonds is 32. The van der Waals surface area contributed by atoms with E-state index in [1.807, 2.05) is 12.1 Å². The number of likely N-dealkylation sites (tertiary alicyclic amines) is 3. The highest BCUT2D eigenvalue weighted by Gasteiger charge is 2.42. The number of carbonyl (C=O) groups is 4. The van der Waals surface area contributed by atoms with Crippen LogP contribution in [-0.2, 0) is 56.6 Å². The SMILES string of the molecule is [C-]#[N+]c1cc(Cl)cc2c1C[C@H](N1CCCCC1)C2Oc1ccc(S(=O)(=O)NC(=O)[C@@H]2CCN(CCOCCCC(=O)CCCCCNC(=O)NCCOCCN3CC[C@@H](C(=O)CS(=O)(=O)c4ccc(O[C@H]5c6cc(Cl)cc(C#N)c6C[C@@H]5N5CCNCC5)cc4)C3)C2)cc1. The van der Waals surface area contributed by atoms with Crippen LogP contribution in [0, 0.1) is 29.7 Å². The summed E-state index contributed by atoms with van der Waals surface area (Å²) in [6.45, 7) is 18.5. The maximum Gasteiger partial charge on any atom is 0.314 e. The van der Waals surface area contributed by atoms with Crippen molar-refractivity contribution in [1.82, 2.24) is 40.3 Å². The van der Waals surface area contributed by atoms with Crippen LogP contribution >= 0.6 is 23.2 Å². The van der Waals surface area contributed by atoms with Crippen LogP contribution in [0.1, 0.15) is 111 Å². The van der Waals surface area contributed by atoms with E-state index in [4.69, 9.17) is 48.7 Å². The number of nitrogens with one attached hydrogen (secondary N) is 4. The zero-order valence-corrected chi connectivity index (χ0v) is 56.3. The van der Waals surface area contributed by atoms with Crippen LogP contribution in [0.4, 0.5) is 10.5 Å². The normalized spacial score (nSPS) is 21.8. The molecule has 506 valence electrons. The number of amides is 3. The van der Waals surface area contributed by atoms with Crippen LogP contribution in [0.3, 0.4) is 0 Å². The lowest BCUT2D eigenvalue weighted by Gasteiger charge is -2.36. The Kier molecular flexibility index (Phi) is 25.2. The molecule has 6 aliphatic rings. The van der Waals surface area contributed by atoms with Gasteiger partial charge in [0.15, 0.2) is 21.3 Å². The molecule has 0 radical (unpaired) electrons. The van der Waals surface area contributed by atoms with Crippen LogP contribution in [0.5, 0.6) is 11.5 Å². The molecule has 4 heterocycles. The molecule has 0 bridgehead atoms. The van der Waals surface area contributed by atoms with Gasteiger partial charge in [0.2, 0.25) is 5.91 Å². The van der Waals surface area contributed by atoms with Gasteiger partial charge in [-0.15, -0.1) is 0 Å². The van der Waals surface area contributed by atoms with Crippen LogP contribution < -0.4 is 30.1 Å². The summed E-state index contributed by atoms with van der Waals surface area (Å²) >= 11 is 12.9. The summed E-state index contributed by atoms with van der Waals surface area (Å²) in [5.74, 6) is -1.27. The zero-order chi connectivity index (χ0) is 66.2. The Balaban J connectivity index is 0.522. The van der Waals surface area contributed by atoms with Gasteiger partial charge < -0.3 is 44.7 Å². The number of hydrogen-bond acceptors (Lipinski definition) is 18. The minimum atomic E-state index is -4.15. The molecule has 2 aliphatic carbocycles. The molecule has 0 aromatic heterocycles. The molecule has 4 saturated heterocycles. The van der Waals surface area contributed by atoms with Gasteiger partial charge in [-0.2, -0.15) is 5.26 Å². The van der Waals surface area contributed by atoms with E-state index < -0.39 is 49.5 Å². The molecule has 4 N–H and O–H groups in total. The van der Waals surface area contributed by atoms with Crippen molar-refractivity contribution < 1.29 is 55.0 Å². The monoisotopic (exact) mass is 1370 g/mol. The number of urea groups is 1. The van der Waals surface area contributed by atoms with E-state index in [1.165, 1.54) is 30.7 Å². The Morgan fingerprint density at radius 1 is 0.649 bits per heavy atom. The van der Waals surface area contributed by atoms with Crippen molar-refractivity contribution in [2.75, 3.05) is 124 Å². The molecule has 0 saturated carbocycles. The third-order valence-corrected chi connectivity index (χ3v) is 22.4. The number of hydrogen-bond donors (Lipinski definition) is 4. The van der Waals surface area contributed by atoms with Gasteiger partial charge in [0.05, 0.1) is 65.8 Å². The van der Waals surface area contributed by atoms with Crippen molar-refractivity contribution in [3.8, 4) is 17.6 Å². The Morgan fingerprint density at radius 2 is 1.22 bits per heavy atom. The average molecular weight is 1370 g/mol. The van der Waals surface area contributed by atoms with Gasteiger partial charge in [-0.05, 0) is 179 Å². The second-order valence-corrected chi connectivity index (χ2v) is 29.9. The van der Waals surface area contributed by atoms with Gasteiger partial charge in [-0.1, -0.05) is 36.0 Å². The van der Waals surface area contributed by atoms with E-state index in [2.05, 4.69) is 51.2 Å². The van der Waals surface area contributed by atoms with Gasteiger partial charge in [-0.3, -0.25) is 24.2 Å². The van der Waals surface area contributed by atoms with Crippen molar-refractivity contribution in [2.24, 2.45) is 11.8 Å². The van der Waals surface area contributed by atoms with E-state index in [0.29, 0.717) is 157 Å². The number of carbonyl (C=O) groups excluding carboxylic acids is 4. The summed E-state index contributed by atoms with van der Waals surface area (Å²) in [7, 11) is -8.07. The van der Waals surface area contributed by atoms with E-state index in [0.717, 1.165) is 93.6 Å². The third-order valence-electron chi connectivity index (χ3n) is 18.9. The number of piperazine rings is 1. The molecule has 0 spiro atoms. The number of nitriles is 1. The van der Waals surface area contributed by atoms with Gasteiger partial charge in [0.25, 0.3) is 10.0 Å². The molecule has 3 amide bonds. The van der Waals surface area contributed by atoms with E-state index in [-0.39, 0.29) is 45.6 Å². The number of nitrogens with zero attached hydrogens (tertiary/aromatic N) is 6. The number of sulfonamides is 1. The number of sulfone groups is 1. The van der Waals surface area contributed by atoms with Gasteiger partial charge in [0, 0.05) is 101 Å². The first-order chi connectivity index (χ1) is 45.4. The molecule has 1 unspecified atom stereocenters. The maximum atomic E-state index is 13.5. The third kappa shape index (κ3) is 18.8. The van der Waals surface area contributed by atoms with Crippen molar-refractivity contribution in [2.45, 2.75) is 118 Å². The van der Waals surface area contributed by atoms with Crippen LogP contribution in [0.15, 0.2) is 82.6 Å². The maximum absolute atomic E-state index is 13.5. The lowest BCUT2D eigenvalue weighted by Crippen LogP contribution is -2.50. The number of piperidine rings is 1. The summed E-state index contributed by atoms with van der Waals surface area (Å²) in [4.78, 5) is 64.1. The summed E-state index contributed by atoms with van der Waals surface area (Å²) in [5, 5.41) is 19.8. The highest BCUT2D eigenvalue weighted by atomic mass is 35.5. The topological polar surface area (TPSA) is 263 Å². The summed E-state index contributed by atoms with van der Waals surface area (Å²) in [5.41, 5.74) is 4.65. The first-order valence-corrected chi connectivity index (χ1v) is 36.9. The first kappa shape index (κ1) is 70.5. The lowest BCUT2D eigenvalue weighted by atomic mass is 10.0. The molecular weight excluding hydrogens is 1280 g/mol. The van der Waals surface area contributed by atoms with Crippen molar-refractivity contribution in [3.05, 3.63) is 122 Å². The van der Waals surface area contributed by atoms with Crippen molar-refractivity contribution in [1.29, 1.82) is 5.26 Å². The predicted octanol–water partition coefficient (Wildman–Crippen LogP) is 7.63. The molecule has 4 aromatic carbocycles. The van der Waals surface area contributed by atoms with Gasteiger partial charge >= 0.3 is 6.03 Å². The van der Waals surface area contributed by atoms with Crippen LogP contribution in [0.25, 0.3) is 4.85 Å². The zero-order valence-electron chi connectivity index (χ0n) is 53.2. The minimum absolute atomic E-state index is 0.0126. The Hall–Kier alpha value is -6.26. The molecule has 4 aliphatic heterocycles. The molecule has 4 fully saturated rings.